The lowest BCUT2D eigenvalue weighted by Gasteiger charge is -2.04. The van der Waals surface area contributed by atoms with Crippen molar-refractivity contribution in [2.24, 2.45) is 0 Å². The van der Waals surface area contributed by atoms with Crippen LogP contribution in [0.25, 0.3) is 0 Å². The summed E-state index contributed by atoms with van der Waals surface area (Å²) in [5.41, 5.74) is 1.90. The number of carbonyl (C=O) groups is 1. The normalized spacial score (nSPS) is 10.0. The molecule has 70 valence electrons. The molecule has 0 heterocycles. The first kappa shape index (κ1) is 9.90. The molecule has 1 nitrogen and oxygen atoms in total. The highest BCUT2D eigenvalue weighted by Crippen LogP contribution is 2.10. The maximum absolute atomic E-state index is 12.1. The molecule has 0 N–H and O–H groups in total. The standard InChI is InChI=1S/C11H13FO/c1-9(13)8-11-5-3-2-4-10(11)6-7-12/h2-5H,6-8H2,1H3. The van der Waals surface area contributed by atoms with Gasteiger partial charge in [-0.25, -0.2) is 0 Å². The summed E-state index contributed by atoms with van der Waals surface area (Å²) in [4.78, 5) is 10.9. The van der Waals surface area contributed by atoms with Crippen LogP contribution in [0.4, 0.5) is 4.39 Å². The minimum Gasteiger partial charge on any atom is -0.300 e. The van der Waals surface area contributed by atoms with Gasteiger partial charge >= 0.3 is 0 Å². The number of benzene rings is 1. The van der Waals surface area contributed by atoms with E-state index in [1.54, 1.807) is 6.92 Å². The summed E-state index contributed by atoms with van der Waals surface area (Å²) in [7, 11) is 0. The van der Waals surface area contributed by atoms with Gasteiger partial charge in [-0.05, 0) is 18.1 Å². The summed E-state index contributed by atoms with van der Waals surface area (Å²) >= 11 is 0. The second-order valence-corrected chi connectivity index (χ2v) is 3.09. The van der Waals surface area contributed by atoms with Gasteiger partial charge in [-0.3, -0.25) is 9.18 Å². The lowest BCUT2D eigenvalue weighted by atomic mass is 10.0. The average Bonchev–Trinajstić information content (AvgIpc) is 2.08. The molecule has 1 rings (SSSR count). The fraction of sp³-hybridized carbons (Fsp3) is 0.364. The first-order chi connectivity index (χ1) is 6.24. The van der Waals surface area contributed by atoms with Crippen molar-refractivity contribution in [2.75, 3.05) is 6.67 Å². The SMILES string of the molecule is CC(=O)Cc1ccccc1CCF. The van der Waals surface area contributed by atoms with Crippen molar-refractivity contribution in [3.63, 3.8) is 0 Å². The van der Waals surface area contributed by atoms with Crippen LogP contribution in [0.15, 0.2) is 24.3 Å². The van der Waals surface area contributed by atoms with Crippen LogP contribution in [0.1, 0.15) is 18.1 Å². The van der Waals surface area contributed by atoms with Gasteiger partial charge in [0.05, 0.1) is 6.67 Å². The van der Waals surface area contributed by atoms with E-state index in [-0.39, 0.29) is 12.5 Å². The Bertz CT molecular complexity index is 294. The molecule has 0 aliphatic rings. The van der Waals surface area contributed by atoms with Crippen molar-refractivity contribution < 1.29 is 9.18 Å². The third-order valence-corrected chi connectivity index (χ3v) is 1.92. The Hall–Kier alpha value is -1.18. The monoisotopic (exact) mass is 180 g/mol. The van der Waals surface area contributed by atoms with Crippen molar-refractivity contribution in [1.29, 1.82) is 0 Å². The van der Waals surface area contributed by atoms with Crippen molar-refractivity contribution in [3.05, 3.63) is 35.4 Å². The Morgan fingerprint density at radius 2 is 1.92 bits per heavy atom. The molecule has 1 aromatic carbocycles. The largest absolute Gasteiger partial charge is 0.300 e. The van der Waals surface area contributed by atoms with Crippen LogP contribution in [0.5, 0.6) is 0 Å². The summed E-state index contributed by atoms with van der Waals surface area (Å²) in [6, 6.07) is 7.50. The van der Waals surface area contributed by atoms with E-state index in [9.17, 15) is 9.18 Å². The number of rotatable bonds is 4. The second kappa shape index (κ2) is 4.75. The van der Waals surface area contributed by atoms with Gasteiger partial charge in [-0.15, -0.1) is 0 Å². The minimum absolute atomic E-state index is 0.117. The number of halogens is 1. The van der Waals surface area contributed by atoms with Crippen LogP contribution in [0, 0.1) is 0 Å². The van der Waals surface area contributed by atoms with Gasteiger partial charge < -0.3 is 0 Å². The van der Waals surface area contributed by atoms with Gasteiger partial charge in [0, 0.05) is 12.8 Å². The molecule has 13 heavy (non-hydrogen) atoms. The van der Waals surface area contributed by atoms with Crippen LogP contribution in [-0.2, 0) is 17.6 Å². The smallest absolute Gasteiger partial charge is 0.134 e. The van der Waals surface area contributed by atoms with E-state index in [0.29, 0.717) is 12.8 Å². The van der Waals surface area contributed by atoms with Crippen LogP contribution >= 0.6 is 0 Å². The van der Waals surface area contributed by atoms with Crippen LogP contribution in [0.3, 0.4) is 0 Å². The van der Waals surface area contributed by atoms with Crippen LogP contribution < -0.4 is 0 Å². The molecule has 0 aromatic heterocycles. The summed E-state index contributed by atoms with van der Waals surface area (Å²) in [5, 5.41) is 0. The molecule has 1 aromatic rings. The Balaban J connectivity index is 2.84. The number of hydrogen-bond acceptors (Lipinski definition) is 1. The highest BCUT2D eigenvalue weighted by Gasteiger charge is 2.03. The predicted octanol–water partition coefficient (Wildman–Crippen LogP) is 2.33. The van der Waals surface area contributed by atoms with Crippen molar-refractivity contribution in [1.82, 2.24) is 0 Å². The van der Waals surface area contributed by atoms with E-state index < -0.39 is 0 Å². The lowest BCUT2D eigenvalue weighted by molar-refractivity contribution is -0.116. The maximum atomic E-state index is 12.1. The third-order valence-electron chi connectivity index (χ3n) is 1.92. The van der Waals surface area contributed by atoms with E-state index in [1.807, 2.05) is 24.3 Å². The van der Waals surface area contributed by atoms with Crippen molar-refractivity contribution in [2.45, 2.75) is 19.8 Å². The quantitative estimate of drug-likeness (QED) is 0.695. The van der Waals surface area contributed by atoms with Crippen LogP contribution in [0.2, 0.25) is 0 Å². The van der Waals surface area contributed by atoms with Crippen molar-refractivity contribution in [3.8, 4) is 0 Å². The zero-order chi connectivity index (χ0) is 9.68. The Morgan fingerprint density at radius 3 is 2.46 bits per heavy atom. The summed E-state index contributed by atoms with van der Waals surface area (Å²) in [6.45, 7) is 1.18. The third kappa shape index (κ3) is 2.98. The number of hydrogen-bond donors (Lipinski definition) is 0. The minimum atomic E-state index is -0.366. The molecular weight excluding hydrogens is 167 g/mol. The molecule has 0 saturated heterocycles. The first-order valence-corrected chi connectivity index (χ1v) is 4.36. The Labute approximate surface area is 77.6 Å². The van der Waals surface area contributed by atoms with Gasteiger partial charge in [0.25, 0.3) is 0 Å². The van der Waals surface area contributed by atoms with E-state index >= 15 is 0 Å². The molecule has 0 atom stereocenters. The molecule has 0 radical (unpaired) electrons. The van der Waals surface area contributed by atoms with E-state index in [1.165, 1.54) is 0 Å². The second-order valence-electron chi connectivity index (χ2n) is 3.09. The molecule has 0 fully saturated rings. The maximum Gasteiger partial charge on any atom is 0.134 e. The lowest BCUT2D eigenvalue weighted by Crippen LogP contribution is -2.01. The molecule has 0 spiro atoms. The van der Waals surface area contributed by atoms with Gasteiger partial charge in [0.1, 0.15) is 5.78 Å². The number of Topliss-reactive ketones (excluding diaryl/α,β-unsaturated/α-hetero) is 1. The van der Waals surface area contributed by atoms with E-state index in [0.717, 1.165) is 11.1 Å². The van der Waals surface area contributed by atoms with Gasteiger partial charge in [0.2, 0.25) is 0 Å². The molecule has 0 bridgehead atoms. The van der Waals surface area contributed by atoms with Gasteiger partial charge in [0.15, 0.2) is 0 Å². The first-order valence-electron chi connectivity index (χ1n) is 4.36. The molecule has 0 saturated carbocycles. The number of carbonyl (C=O) groups excluding carboxylic acids is 1. The predicted molar refractivity (Wildman–Crippen MR) is 50.5 cm³/mol. The molecule has 0 aliphatic carbocycles. The molecule has 0 unspecified atom stereocenters. The summed E-state index contributed by atoms with van der Waals surface area (Å²) in [6.07, 6.45) is 0.819. The van der Waals surface area contributed by atoms with Gasteiger partial charge in [-0.2, -0.15) is 0 Å². The van der Waals surface area contributed by atoms with Crippen LogP contribution in [-0.4, -0.2) is 12.5 Å². The zero-order valence-corrected chi connectivity index (χ0v) is 7.72. The number of aryl methyl sites for hydroxylation is 1. The van der Waals surface area contributed by atoms with E-state index in [4.69, 9.17) is 0 Å². The Kier molecular flexibility index (Phi) is 3.62. The van der Waals surface area contributed by atoms with Gasteiger partial charge in [-0.1, -0.05) is 24.3 Å². The zero-order valence-electron chi connectivity index (χ0n) is 7.72. The molecule has 2 heteroatoms. The van der Waals surface area contributed by atoms with Crippen molar-refractivity contribution >= 4 is 5.78 Å². The molecular formula is C11H13FO. The number of alkyl halides is 1. The molecule has 0 aliphatic heterocycles. The summed E-state index contributed by atoms with van der Waals surface area (Å²) in [5.74, 6) is 0.117. The fourth-order valence-corrected chi connectivity index (χ4v) is 1.34. The molecule has 0 amide bonds. The highest BCUT2D eigenvalue weighted by molar-refractivity contribution is 5.78. The average molecular weight is 180 g/mol. The number of ketones is 1. The Morgan fingerprint density at radius 1 is 1.31 bits per heavy atom. The summed E-state index contributed by atoms with van der Waals surface area (Å²) < 4.78 is 12.1. The topological polar surface area (TPSA) is 17.1 Å². The highest BCUT2D eigenvalue weighted by atomic mass is 19.1. The van der Waals surface area contributed by atoms with E-state index in [2.05, 4.69) is 0 Å². The fourth-order valence-electron chi connectivity index (χ4n) is 1.34.